The summed E-state index contributed by atoms with van der Waals surface area (Å²) < 4.78 is 0. The molecule has 0 amide bonds. The number of carbonyl (C=O) groups is 1. The highest BCUT2D eigenvalue weighted by Gasteiger charge is 2.36. The molecule has 0 aromatic carbocycles. The molecule has 3 heteroatoms. The van der Waals surface area contributed by atoms with Gasteiger partial charge < -0.3 is 10.4 Å². The molecule has 0 aromatic heterocycles. The Morgan fingerprint density at radius 2 is 2.18 bits per heavy atom. The Morgan fingerprint density at radius 1 is 1.55 bits per heavy atom. The van der Waals surface area contributed by atoms with E-state index in [0.717, 1.165) is 12.8 Å². The van der Waals surface area contributed by atoms with Gasteiger partial charge in [-0.15, -0.1) is 0 Å². The van der Waals surface area contributed by atoms with Crippen LogP contribution >= 0.6 is 0 Å². The Hall–Kier alpha value is -0.570. The molecule has 3 nitrogen and oxygen atoms in total. The quantitative estimate of drug-likeness (QED) is 0.638. The van der Waals surface area contributed by atoms with Gasteiger partial charge in [0.2, 0.25) is 0 Å². The lowest BCUT2D eigenvalue weighted by molar-refractivity contribution is -0.146. The van der Waals surface area contributed by atoms with Gasteiger partial charge in [-0.05, 0) is 12.8 Å². The van der Waals surface area contributed by atoms with Crippen LogP contribution in [0.2, 0.25) is 0 Å². The van der Waals surface area contributed by atoms with Crippen LogP contribution in [0.15, 0.2) is 0 Å². The first-order valence-corrected chi connectivity index (χ1v) is 4.10. The fourth-order valence-electron chi connectivity index (χ4n) is 1.42. The zero-order chi connectivity index (χ0) is 8.43. The molecule has 2 atom stereocenters. The normalized spacial score (nSPS) is 30.1. The van der Waals surface area contributed by atoms with E-state index in [1.165, 1.54) is 0 Å². The van der Waals surface area contributed by atoms with Crippen molar-refractivity contribution in [1.82, 2.24) is 5.32 Å². The third kappa shape index (κ3) is 1.93. The highest BCUT2D eigenvalue weighted by atomic mass is 16.4. The zero-order valence-electron chi connectivity index (χ0n) is 7.00. The maximum Gasteiger partial charge on any atom is 0.308 e. The molecule has 0 spiro atoms. The number of aliphatic carboxylic acids is 1. The Kier molecular flexibility index (Phi) is 2.49. The average molecular weight is 157 g/mol. The molecule has 1 rings (SSSR count). The topological polar surface area (TPSA) is 49.3 Å². The van der Waals surface area contributed by atoms with Gasteiger partial charge in [0.15, 0.2) is 0 Å². The summed E-state index contributed by atoms with van der Waals surface area (Å²) in [6.45, 7) is 4.08. The number of rotatable bonds is 3. The predicted octanol–water partition coefficient (Wildman–Crippen LogP) is 0.848. The lowest BCUT2D eigenvalue weighted by Crippen LogP contribution is -2.49. The van der Waals surface area contributed by atoms with Gasteiger partial charge in [-0.25, -0.2) is 0 Å². The van der Waals surface area contributed by atoms with Crippen molar-refractivity contribution in [3.8, 4) is 0 Å². The van der Waals surface area contributed by atoms with Gasteiger partial charge in [0, 0.05) is 12.1 Å². The SMILES string of the molecule is CC(C)NC1CCC1C(=O)O. The summed E-state index contributed by atoms with van der Waals surface area (Å²) in [5.74, 6) is -0.799. The second-order valence-electron chi connectivity index (χ2n) is 3.45. The molecular formula is C8H15NO2. The Bertz CT molecular complexity index is 156. The predicted molar refractivity (Wildman–Crippen MR) is 42.4 cm³/mol. The fourth-order valence-corrected chi connectivity index (χ4v) is 1.42. The molecule has 2 N–H and O–H groups in total. The van der Waals surface area contributed by atoms with Gasteiger partial charge in [0.05, 0.1) is 5.92 Å². The van der Waals surface area contributed by atoms with E-state index in [-0.39, 0.29) is 12.0 Å². The third-order valence-corrected chi connectivity index (χ3v) is 2.14. The van der Waals surface area contributed by atoms with Crippen molar-refractivity contribution in [2.75, 3.05) is 0 Å². The van der Waals surface area contributed by atoms with Crippen LogP contribution in [0.25, 0.3) is 0 Å². The van der Waals surface area contributed by atoms with Crippen LogP contribution in [0.5, 0.6) is 0 Å². The minimum Gasteiger partial charge on any atom is -0.481 e. The molecule has 1 fully saturated rings. The molecule has 0 saturated heterocycles. The van der Waals surface area contributed by atoms with Crippen molar-refractivity contribution in [2.24, 2.45) is 5.92 Å². The molecule has 0 aromatic rings. The maximum atomic E-state index is 10.5. The summed E-state index contributed by atoms with van der Waals surface area (Å²) in [7, 11) is 0. The molecule has 0 heterocycles. The molecule has 1 aliphatic carbocycles. The third-order valence-electron chi connectivity index (χ3n) is 2.14. The van der Waals surface area contributed by atoms with Gasteiger partial charge in [-0.2, -0.15) is 0 Å². The number of hydrogen-bond donors (Lipinski definition) is 2. The maximum absolute atomic E-state index is 10.5. The van der Waals surface area contributed by atoms with E-state index in [4.69, 9.17) is 5.11 Å². The van der Waals surface area contributed by atoms with Gasteiger partial charge in [-0.3, -0.25) is 4.79 Å². The number of hydrogen-bond acceptors (Lipinski definition) is 2. The van der Waals surface area contributed by atoms with E-state index in [0.29, 0.717) is 6.04 Å². The van der Waals surface area contributed by atoms with Gasteiger partial charge in [0.25, 0.3) is 0 Å². The Morgan fingerprint density at radius 3 is 2.45 bits per heavy atom. The van der Waals surface area contributed by atoms with Crippen LogP contribution in [0.4, 0.5) is 0 Å². The molecule has 1 aliphatic rings. The first kappa shape index (κ1) is 8.53. The number of carboxylic acids is 1. The van der Waals surface area contributed by atoms with Gasteiger partial charge in [0.1, 0.15) is 0 Å². The summed E-state index contributed by atoms with van der Waals surface area (Å²) >= 11 is 0. The molecule has 0 aliphatic heterocycles. The van der Waals surface area contributed by atoms with E-state index >= 15 is 0 Å². The van der Waals surface area contributed by atoms with Crippen LogP contribution in [0.3, 0.4) is 0 Å². The van der Waals surface area contributed by atoms with E-state index in [1.807, 2.05) is 13.8 Å². The first-order valence-electron chi connectivity index (χ1n) is 4.10. The molecule has 1 saturated carbocycles. The largest absolute Gasteiger partial charge is 0.481 e. The van der Waals surface area contributed by atoms with Crippen LogP contribution in [-0.2, 0) is 4.79 Å². The van der Waals surface area contributed by atoms with E-state index < -0.39 is 5.97 Å². The summed E-state index contributed by atoms with van der Waals surface area (Å²) in [5.41, 5.74) is 0. The number of nitrogens with one attached hydrogen (secondary N) is 1. The zero-order valence-corrected chi connectivity index (χ0v) is 7.00. The molecule has 2 unspecified atom stereocenters. The van der Waals surface area contributed by atoms with Crippen LogP contribution in [0, 0.1) is 5.92 Å². The second-order valence-corrected chi connectivity index (χ2v) is 3.45. The Balaban J connectivity index is 2.31. The highest BCUT2D eigenvalue weighted by molar-refractivity contribution is 5.72. The molecule has 64 valence electrons. The summed E-state index contributed by atoms with van der Waals surface area (Å²) in [4.78, 5) is 10.5. The van der Waals surface area contributed by atoms with E-state index in [2.05, 4.69) is 5.32 Å². The summed E-state index contributed by atoms with van der Waals surface area (Å²) in [6.07, 6.45) is 1.84. The number of carboxylic acid groups (broad SMARTS) is 1. The van der Waals surface area contributed by atoms with Gasteiger partial charge in [-0.1, -0.05) is 13.8 Å². The molecule has 0 bridgehead atoms. The van der Waals surface area contributed by atoms with Crippen LogP contribution in [-0.4, -0.2) is 23.2 Å². The second kappa shape index (κ2) is 3.22. The van der Waals surface area contributed by atoms with Crippen molar-refractivity contribution in [1.29, 1.82) is 0 Å². The monoisotopic (exact) mass is 157 g/mol. The average Bonchev–Trinajstić information content (AvgIpc) is 1.78. The van der Waals surface area contributed by atoms with Crippen molar-refractivity contribution in [3.63, 3.8) is 0 Å². The molecular weight excluding hydrogens is 142 g/mol. The standard InChI is InChI=1S/C8H15NO2/c1-5(2)9-7-4-3-6(7)8(10)11/h5-7,9H,3-4H2,1-2H3,(H,10,11). The minimum absolute atomic E-state index is 0.141. The summed E-state index contributed by atoms with van der Waals surface area (Å²) in [6, 6.07) is 0.606. The van der Waals surface area contributed by atoms with Crippen LogP contribution < -0.4 is 5.32 Å². The van der Waals surface area contributed by atoms with Crippen LogP contribution in [0.1, 0.15) is 26.7 Å². The lowest BCUT2D eigenvalue weighted by Gasteiger charge is -2.35. The first-order chi connectivity index (χ1) is 5.11. The lowest BCUT2D eigenvalue weighted by atomic mass is 9.79. The summed E-state index contributed by atoms with van der Waals surface area (Å²) in [5, 5.41) is 11.9. The van der Waals surface area contributed by atoms with E-state index in [1.54, 1.807) is 0 Å². The van der Waals surface area contributed by atoms with Crippen molar-refractivity contribution in [2.45, 2.75) is 38.8 Å². The fraction of sp³-hybridized carbons (Fsp3) is 0.875. The molecule has 11 heavy (non-hydrogen) atoms. The van der Waals surface area contributed by atoms with Crippen molar-refractivity contribution < 1.29 is 9.90 Å². The Labute approximate surface area is 66.8 Å². The van der Waals surface area contributed by atoms with Crippen molar-refractivity contribution in [3.05, 3.63) is 0 Å². The van der Waals surface area contributed by atoms with E-state index in [9.17, 15) is 4.79 Å². The van der Waals surface area contributed by atoms with Crippen molar-refractivity contribution >= 4 is 5.97 Å². The minimum atomic E-state index is -0.658. The van der Waals surface area contributed by atoms with Gasteiger partial charge >= 0.3 is 5.97 Å². The highest BCUT2D eigenvalue weighted by Crippen LogP contribution is 2.27. The molecule has 0 radical (unpaired) electrons. The smallest absolute Gasteiger partial charge is 0.308 e.